The van der Waals surface area contributed by atoms with Gasteiger partial charge in [-0.2, -0.15) is 0 Å². The Morgan fingerprint density at radius 1 is 1.18 bits per heavy atom. The first-order chi connectivity index (χ1) is 7.81. The van der Waals surface area contributed by atoms with Crippen LogP contribution in [-0.2, 0) is 4.74 Å². The molecular weight excluding hydrogens is 212 g/mol. The monoisotopic (exact) mass is 244 g/mol. The van der Waals surface area contributed by atoms with Crippen LogP contribution in [0.25, 0.3) is 0 Å². The standard InChI is InChI=1S/C14H32N2O/c1-13(2)12-16(6)9-7-10-17-11-8-15-14(3,4)5/h13,15H,7-12H2,1-6H3. The topological polar surface area (TPSA) is 24.5 Å². The normalized spacial score (nSPS) is 12.7. The van der Waals surface area contributed by atoms with E-state index < -0.39 is 0 Å². The zero-order chi connectivity index (χ0) is 13.3. The van der Waals surface area contributed by atoms with Crippen LogP contribution in [0, 0.1) is 5.92 Å². The molecule has 0 rings (SSSR count). The van der Waals surface area contributed by atoms with Gasteiger partial charge in [-0.3, -0.25) is 0 Å². The molecule has 0 spiro atoms. The van der Waals surface area contributed by atoms with Crippen molar-refractivity contribution in [2.45, 2.75) is 46.6 Å². The lowest BCUT2D eigenvalue weighted by molar-refractivity contribution is 0.120. The van der Waals surface area contributed by atoms with Gasteiger partial charge in [0.25, 0.3) is 0 Å². The van der Waals surface area contributed by atoms with Gasteiger partial charge >= 0.3 is 0 Å². The summed E-state index contributed by atoms with van der Waals surface area (Å²) in [6.07, 6.45) is 1.12. The molecule has 0 aliphatic carbocycles. The quantitative estimate of drug-likeness (QED) is 0.630. The molecule has 3 nitrogen and oxygen atoms in total. The Hall–Kier alpha value is -0.120. The van der Waals surface area contributed by atoms with E-state index in [1.54, 1.807) is 0 Å². The molecule has 0 unspecified atom stereocenters. The molecule has 0 aromatic rings. The summed E-state index contributed by atoms with van der Waals surface area (Å²) >= 11 is 0. The van der Waals surface area contributed by atoms with Crippen LogP contribution in [-0.4, -0.2) is 50.3 Å². The molecule has 0 bridgehead atoms. The van der Waals surface area contributed by atoms with Crippen molar-refractivity contribution >= 4 is 0 Å². The number of hydrogen-bond donors (Lipinski definition) is 1. The van der Waals surface area contributed by atoms with Crippen molar-refractivity contribution in [2.75, 3.05) is 39.9 Å². The van der Waals surface area contributed by atoms with Crippen LogP contribution in [0.2, 0.25) is 0 Å². The zero-order valence-electron chi connectivity index (χ0n) is 12.7. The summed E-state index contributed by atoms with van der Waals surface area (Å²) in [5.41, 5.74) is 0.195. The highest BCUT2D eigenvalue weighted by atomic mass is 16.5. The van der Waals surface area contributed by atoms with E-state index in [2.05, 4.69) is 51.9 Å². The fraction of sp³-hybridized carbons (Fsp3) is 1.00. The lowest BCUT2D eigenvalue weighted by Gasteiger charge is -2.21. The smallest absolute Gasteiger partial charge is 0.0591 e. The molecule has 0 saturated carbocycles. The van der Waals surface area contributed by atoms with E-state index in [9.17, 15) is 0 Å². The highest BCUT2D eigenvalue weighted by Crippen LogP contribution is 1.98. The maximum Gasteiger partial charge on any atom is 0.0591 e. The van der Waals surface area contributed by atoms with E-state index in [-0.39, 0.29) is 5.54 Å². The van der Waals surface area contributed by atoms with E-state index in [0.717, 1.165) is 38.6 Å². The van der Waals surface area contributed by atoms with Crippen molar-refractivity contribution in [3.05, 3.63) is 0 Å². The molecule has 0 atom stereocenters. The third-order valence-electron chi connectivity index (χ3n) is 2.41. The van der Waals surface area contributed by atoms with Gasteiger partial charge in [0, 0.05) is 31.8 Å². The van der Waals surface area contributed by atoms with E-state index >= 15 is 0 Å². The van der Waals surface area contributed by atoms with Gasteiger partial charge < -0.3 is 15.0 Å². The first-order valence-electron chi connectivity index (χ1n) is 6.82. The second-order valence-corrected chi connectivity index (χ2v) is 6.30. The van der Waals surface area contributed by atoms with Crippen LogP contribution in [0.5, 0.6) is 0 Å². The molecule has 0 radical (unpaired) electrons. The lowest BCUT2D eigenvalue weighted by Crippen LogP contribution is -2.38. The third kappa shape index (κ3) is 13.8. The van der Waals surface area contributed by atoms with Gasteiger partial charge in [-0.1, -0.05) is 13.8 Å². The molecule has 0 saturated heterocycles. The SMILES string of the molecule is CC(C)CN(C)CCCOCCNC(C)(C)C. The minimum Gasteiger partial charge on any atom is -0.380 e. The number of nitrogens with zero attached hydrogens (tertiary/aromatic N) is 1. The zero-order valence-corrected chi connectivity index (χ0v) is 12.7. The first kappa shape index (κ1) is 16.9. The van der Waals surface area contributed by atoms with Crippen LogP contribution >= 0.6 is 0 Å². The molecule has 17 heavy (non-hydrogen) atoms. The van der Waals surface area contributed by atoms with Crippen molar-refractivity contribution in [3.8, 4) is 0 Å². The highest BCUT2D eigenvalue weighted by molar-refractivity contribution is 4.69. The summed E-state index contributed by atoms with van der Waals surface area (Å²) in [6, 6.07) is 0. The van der Waals surface area contributed by atoms with Crippen molar-refractivity contribution < 1.29 is 4.74 Å². The molecule has 0 aliphatic heterocycles. The predicted octanol–water partition coefficient (Wildman–Crippen LogP) is 2.37. The predicted molar refractivity (Wildman–Crippen MR) is 75.5 cm³/mol. The van der Waals surface area contributed by atoms with Gasteiger partial charge in [0.15, 0.2) is 0 Å². The third-order valence-corrected chi connectivity index (χ3v) is 2.41. The molecule has 0 heterocycles. The Labute approximate surface area is 108 Å². The summed E-state index contributed by atoms with van der Waals surface area (Å²) in [6.45, 7) is 16.0. The van der Waals surface area contributed by atoms with Gasteiger partial charge in [0.05, 0.1) is 6.61 Å². The molecule has 104 valence electrons. The van der Waals surface area contributed by atoms with E-state index in [1.807, 2.05) is 0 Å². The molecule has 0 aromatic carbocycles. The van der Waals surface area contributed by atoms with E-state index in [1.165, 1.54) is 6.54 Å². The largest absolute Gasteiger partial charge is 0.380 e. The molecule has 3 heteroatoms. The number of nitrogens with one attached hydrogen (secondary N) is 1. The fourth-order valence-electron chi connectivity index (χ4n) is 1.75. The molecule has 1 N–H and O–H groups in total. The second-order valence-electron chi connectivity index (χ2n) is 6.30. The maximum atomic E-state index is 5.60. The molecule has 0 aromatic heterocycles. The van der Waals surface area contributed by atoms with Gasteiger partial charge in [0.2, 0.25) is 0 Å². The van der Waals surface area contributed by atoms with Crippen LogP contribution in [0.1, 0.15) is 41.0 Å². The highest BCUT2D eigenvalue weighted by Gasteiger charge is 2.07. The maximum absolute atomic E-state index is 5.60. The fourth-order valence-corrected chi connectivity index (χ4v) is 1.75. The average Bonchev–Trinajstić information content (AvgIpc) is 2.13. The van der Waals surface area contributed by atoms with Crippen molar-refractivity contribution in [1.29, 1.82) is 0 Å². The van der Waals surface area contributed by atoms with Crippen LogP contribution < -0.4 is 5.32 Å². The summed E-state index contributed by atoms with van der Waals surface area (Å²) in [4.78, 5) is 2.38. The number of rotatable bonds is 9. The summed E-state index contributed by atoms with van der Waals surface area (Å²) in [5.74, 6) is 0.747. The van der Waals surface area contributed by atoms with Gasteiger partial charge in [-0.15, -0.1) is 0 Å². The summed E-state index contributed by atoms with van der Waals surface area (Å²) in [7, 11) is 2.18. The summed E-state index contributed by atoms with van der Waals surface area (Å²) in [5, 5.41) is 3.41. The average molecular weight is 244 g/mol. The number of hydrogen-bond acceptors (Lipinski definition) is 3. The number of ether oxygens (including phenoxy) is 1. The summed E-state index contributed by atoms with van der Waals surface area (Å²) < 4.78 is 5.60. The van der Waals surface area contributed by atoms with Gasteiger partial charge in [-0.25, -0.2) is 0 Å². The lowest BCUT2D eigenvalue weighted by atomic mass is 10.1. The van der Waals surface area contributed by atoms with Crippen molar-refractivity contribution in [2.24, 2.45) is 5.92 Å². The Balaban J connectivity index is 3.24. The molecular formula is C14H32N2O. The molecule has 0 fully saturated rings. The van der Waals surface area contributed by atoms with Crippen LogP contribution in [0.4, 0.5) is 0 Å². The Kier molecular flexibility index (Phi) is 8.83. The second kappa shape index (κ2) is 8.90. The minimum atomic E-state index is 0.195. The Morgan fingerprint density at radius 3 is 2.35 bits per heavy atom. The van der Waals surface area contributed by atoms with Crippen LogP contribution in [0.15, 0.2) is 0 Å². The Morgan fingerprint density at radius 2 is 1.82 bits per heavy atom. The van der Waals surface area contributed by atoms with Gasteiger partial charge in [0.1, 0.15) is 0 Å². The minimum absolute atomic E-state index is 0.195. The van der Waals surface area contributed by atoms with Crippen LogP contribution in [0.3, 0.4) is 0 Å². The van der Waals surface area contributed by atoms with Crippen molar-refractivity contribution in [1.82, 2.24) is 10.2 Å². The van der Waals surface area contributed by atoms with E-state index in [0.29, 0.717) is 0 Å². The molecule has 0 aliphatic rings. The van der Waals surface area contributed by atoms with Crippen molar-refractivity contribution in [3.63, 3.8) is 0 Å². The van der Waals surface area contributed by atoms with Gasteiger partial charge in [-0.05, 0) is 40.2 Å². The van der Waals surface area contributed by atoms with E-state index in [4.69, 9.17) is 4.74 Å². The first-order valence-corrected chi connectivity index (χ1v) is 6.82. The Bertz CT molecular complexity index is 176. The molecule has 0 amide bonds.